The van der Waals surface area contributed by atoms with Gasteiger partial charge in [0.25, 0.3) is 0 Å². The number of benzene rings is 3. The standard InChI is InChI=1S/C38H40O6/c1-44-37-20-26(14-16-33(37)40)30-21-29(39)22-34(41)31(12-7-10-25(30)18-24-8-3-2-4-9-24)38-17-6-5-11-28(38)15-13-27-19-35(42)36(43)23-32(27)38/h2-4,8-9,13-16,19-20,23,25,28,30-31,34,40-43H,5-6,11-12,17-18,21-22H2,1H3. The van der Waals surface area contributed by atoms with Crippen molar-refractivity contribution in [1.82, 2.24) is 0 Å². The zero-order chi connectivity index (χ0) is 30.8. The van der Waals surface area contributed by atoms with E-state index in [0.29, 0.717) is 18.6 Å². The molecule has 6 unspecified atom stereocenters. The zero-order valence-electron chi connectivity index (χ0n) is 25.1. The smallest absolute Gasteiger partial charge is 0.160 e. The third-order valence-electron chi connectivity index (χ3n) is 10.2. The molecular formula is C38H40O6. The van der Waals surface area contributed by atoms with Gasteiger partial charge >= 0.3 is 0 Å². The summed E-state index contributed by atoms with van der Waals surface area (Å²) in [7, 11) is 1.51. The Morgan fingerprint density at radius 2 is 1.75 bits per heavy atom. The number of aromatic hydroxyl groups is 3. The van der Waals surface area contributed by atoms with Gasteiger partial charge in [0.15, 0.2) is 23.0 Å². The van der Waals surface area contributed by atoms with Crippen LogP contribution < -0.4 is 4.74 Å². The predicted octanol–water partition coefficient (Wildman–Crippen LogP) is 6.64. The summed E-state index contributed by atoms with van der Waals surface area (Å²) in [4.78, 5) is 13.9. The molecule has 44 heavy (non-hydrogen) atoms. The number of fused-ring (bicyclic) bond motifs is 3. The molecule has 0 amide bonds. The van der Waals surface area contributed by atoms with Crippen molar-refractivity contribution in [1.29, 1.82) is 0 Å². The summed E-state index contributed by atoms with van der Waals surface area (Å²) in [5, 5.41) is 43.1. The lowest BCUT2D eigenvalue weighted by Gasteiger charge is -2.52. The molecule has 0 aliphatic heterocycles. The van der Waals surface area contributed by atoms with Crippen LogP contribution in [0.5, 0.6) is 23.0 Å². The number of ether oxygens (including phenoxy) is 1. The van der Waals surface area contributed by atoms with Crippen LogP contribution in [0.15, 0.2) is 66.7 Å². The van der Waals surface area contributed by atoms with E-state index in [0.717, 1.165) is 47.9 Å². The molecule has 4 N–H and O–H groups in total. The van der Waals surface area contributed by atoms with E-state index in [1.54, 1.807) is 24.3 Å². The molecule has 3 aliphatic carbocycles. The van der Waals surface area contributed by atoms with Crippen molar-refractivity contribution < 1.29 is 30.0 Å². The minimum atomic E-state index is -0.923. The Labute approximate surface area is 259 Å². The first-order chi connectivity index (χ1) is 21.3. The number of hydrogen-bond acceptors (Lipinski definition) is 6. The number of carbonyl (C=O) groups is 1. The quantitative estimate of drug-likeness (QED) is 0.195. The summed E-state index contributed by atoms with van der Waals surface area (Å²) in [5.41, 5.74) is 3.23. The molecule has 1 saturated carbocycles. The van der Waals surface area contributed by atoms with E-state index in [1.165, 1.54) is 7.11 Å². The van der Waals surface area contributed by atoms with Crippen LogP contribution in [0.4, 0.5) is 0 Å². The molecule has 0 spiro atoms. The van der Waals surface area contributed by atoms with E-state index in [1.807, 2.05) is 30.3 Å². The molecule has 228 valence electrons. The Bertz CT molecular complexity index is 1620. The molecule has 0 heterocycles. The second-order valence-electron chi connectivity index (χ2n) is 12.7. The fraction of sp³-hybridized carbons (Fsp3) is 0.395. The molecule has 3 aromatic rings. The molecule has 0 bridgehead atoms. The van der Waals surface area contributed by atoms with Crippen molar-refractivity contribution in [3.05, 3.63) is 89.0 Å². The van der Waals surface area contributed by atoms with Crippen LogP contribution in [0.25, 0.3) is 6.08 Å². The molecule has 1 fully saturated rings. The van der Waals surface area contributed by atoms with Gasteiger partial charge in [0.05, 0.1) is 13.2 Å². The number of phenols is 3. The van der Waals surface area contributed by atoms with Crippen molar-refractivity contribution >= 4 is 11.9 Å². The van der Waals surface area contributed by atoms with Gasteiger partial charge in [-0.2, -0.15) is 0 Å². The van der Waals surface area contributed by atoms with Crippen LogP contribution in [-0.4, -0.2) is 39.4 Å². The number of aliphatic hydroxyl groups excluding tert-OH is 1. The number of rotatable bonds is 5. The predicted molar refractivity (Wildman–Crippen MR) is 170 cm³/mol. The molecule has 0 saturated heterocycles. The third-order valence-corrected chi connectivity index (χ3v) is 10.2. The molecule has 6 atom stereocenters. The fourth-order valence-electron chi connectivity index (χ4n) is 8.09. The molecule has 3 aromatic carbocycles. The van der Waals surface area contributed by atoms with Gasteiger partial charge in [-0.15, -0.1) is 5.92 Å². The maximum absolute atomic E-state index is 13.9. The second kappa shape index (κ2) is 12.4. The summed E-state index contributed by atoms with van der Waals surface area (Å²) in [5.74, 6) is 6.42. The molecule has 6 nitrogen and oxygen atoms in total. The maximum atomic E-state index is 13.9. The van der Waals surface area contributed by atoms with Crippen molar-refractivity contribution in [2.75, 3.05) is 7.11 Å². The highest BCUT2D eigenvalue weighted by atomic mass is 16.5. The van der Waals surface area contributed by atoms with Crippen LogP contribution in [0.1, 0.15) is 73.1 Å². The summed E-state index contributed by atoms with van der Waals surface area (Å²) < 4.78 is 5.40. The number of ketones is 1. The van der Waals surface area contributed by atoms with E-state index >= 15 is 0 Å². The van der Waals surface area contributed by atoms with Crippen LogP contribution >= 0.6 is 0 Å². The molecule has 6 rings (SSSR count). The van der Waals surface area contributed by atoms with E-state index in [2.05, 4.69) is 30.0 Å². The Balaban J connectivity index is 1.45. The van der Waals surface area contributed by atoms with Gasteiger partial charge in [0, 0.05) is 42.4 Å². The molecule has 6 heteroatoms. The number of phenolic OH excluding ortho intramolecular Hbond substituents is 3. The highest BCUT2D eigenvalue weighted by Crippen LogP contribution is 2.56. The fourth-order valence-corrected chi connectivity index (χ4v) is 8.09. The van der Waals surface area contributed by atoms with Crippen LogP contribution in [0.2, 0.25) is 0 Å². The Hall–Kier alpha value is -4.21. The number of hydrogen-bond donors (Lipinski definition) is 4. The number of allylic oxidation sites excluding steroid dienone is 1. The number of aliphatic hydroxyl groups is 1. The lowest BCUT2D eigenvalue weighted by atomic mass is 9.52. The highest BCUT2D eigenvalue weighted by Gasteiger charge is 2.51. The van der Waals surface area contributed by atoms with Gasteiger partial charge in [-0.25, -0.2) is 0 Å². The first-order valence-electron chi connectivity index (χ1n) is 15.6. The zero-order valence-corrected chi connectivity index (χ0v) is 25.1. The average Bonchev–Trinajstić information content (AvgIpc) is 3.02. The maximum Gasteiger partial charge on any atom is 0.160 e. The van der Waals surface area contributed by atoms with E-state index in [-0.39, 0.29) is 59.5 Å². The first-order valence-corrected chi connectivity index (χ1v) is 15.6. The van der Waals surface area contributed by atoms with Gasteiger partial charge in [-0.1, -0.05) is 67.3 Å². The SMILES string of the molecule is COc1cc(C2CC(=O)CC(O)C(C34CCCCC3C=Cc3cc(O)c(O)cc34)CC#CC2Cc2ccccc2)ccc1O. The average molecular weight is 593 g/mol. The Morgan fingerprint density at radius 1 is 0.955 bits per heavy atom. The van der Waals surface area contributed by atoms with Crippen LogP contribution in [-0.2, 0) is 16.6 Å². The van der Waals surface area contributed by atoms with Crippen molar-refractivity contribution in [2.24, 2.45) is 17.8 Å². The van der Waals surface area contributed by atoms with E-state index in [4.69, 9.17) is 4.74 Å². The second-order valence-corrected chi connectivity index (χ2v) is 12.7. The Kier molecular flexibility index (Phi) is 8.42. The van der Waals surface area contributed by atoms with Gasteiger partial charge in [0.1, 0.15) is 5.78 Å². The first kappa shape index (κ1) is 29.8. The van der Waals surface area contributed by atoms with Gasteiger partial charge in [-0.3, -0.25) is 4.79 Å². The van der Waals surface area contributed by atoms with E-state index < -0.39 is 11.5 Å². The van der Waals surface area contributed by atoms with Gasteiger partial charge in [-0.05, 0) is 71.7 Å². The summed E-state index contributed by atoms with van der Waals surface area (Å²) in [6.45, 7) is 0. The topological polar surface area (TPSA) is 107 Å². The third kappa shape index (κ3) is 5.57. The number of Topliss-reactive ketones (excluding diaryl/α,β-unsaturated/α-hetero) is 1. The van der Waals surface area contributed by atoms with E-state index in [9.17, 15) is 25.2 Å². The molecular weight excluding hydrogens is 552 g/mol. The van der Waals surface area contributed by atoms with Crippen molar-refractivity contribution in [2.45, 2.75) is 68.8 Å². The van der Waals surface area contributed by atoms with Crippen molar-refractivity contribution in [3.8, 4) is 34.8 Å². The van der Waals surface area contributed by atoms with Crippen molar-refractivity contribution in [3.63, 3.8) is 0 Å². The van der Waals surface area contributed by atoms with Gasteiger partial charge < -0.3 is 25.2 Å². The largest absolute Gasteiger partial charge is 0.504 e. The van der Waals surface area contributed by atoms with Crippen LogP contribution in [0, 0.1) is 29.6 Å². The van der Waals surface area contributed by atoms with Crippen LogP contribution in [0.3, 0.4) is 0 Å². The van der Waals surface area contributed by atoms with Gasteiger partial charge in [0.2, 0.25) is 0 Å². The molecule has 0 aromatic heterocycles. The molecule has 0 radical (unpaired) electrons. The lowest BCUT2D eigenvalue weighted by molar-refractivity contribution is -0.123. The molecule has 3 aliphatic rings. The minimum Gasteiger partial charge on any atom is -0.504 e. The highest BCUT2D eigenvalue weighted by molar-refractivity contribution is 5.80. The lowest BCUT2D eigenvalue weighted by Crippen LogP contribution is -2.50. The summed E-state index contributed by atoms with van der Waals surface area (Å²) in [6.07, 6.45) is 8.32. The Morgan fingerprint density at radius 3 is 2.55 bits per heavy atom. The number of carbonyl (C=O) groups excluding carboxylic acids is 1. The minimum absolute atomic E-state index is 0.00764. The normalized spacial score (nSPS) is 28.2. The monoisotopic (exact) mass is 592 g/mol. The summed E-state index contributed by atoms with van der Waals surface area (Å²) >= 11 is 0. The summed E-state index contributed by atoms with van der Waals surface area (Å²) in [6, 6.07) is 18.6. The number of methoxy groups -OCH3 is 1.